The highest BCUT2D eigenvalue weighted by Gasteiger charge is 2.23. The number of carbonyl (C=O) groups is 1. The number of rotatable bonds is 6. The molecule has 1 aromatic carbocycles. The lowest BCUT2D eigenvalue weighted by Crippen LogP contribution is -2.29. The van der Waals surface area contributed by atoms with Crippen molar-refractivity contribution in [1.82, 2.24) is 5.32 Å². The molecule has 122 valence electrons. The van der Waals surface area contributed by atoms with Gasteiger partial charge < -0.3 is 25.3 Å². The molecule has 1 aromatic rings. The van der Waals surface area contributed by atoms with Gasteiger partial charge in [-0.3, -0.25) is 4.79 Å². The van der Waals surface area contributed by atoms with Crippen molar-refractivity contribution in [3.8, 4) is 17.2 Å². The third-order valence-electron chi connectivity index (χ3n) is 4.06. The predicted molar refractivity (Wildman–Crippen MR) is 83.7 cm³/mol. The number of hydrogen-bond acceptors (Lipinski definition) is 5. The van der Waals surface area contributed by atoms with Crippen LogP contribution in [0, 0.1) is 5.92 Å². The number of nitrogens with one attached hydrogen (secondary N) is 1. The summed E-state index contributed by atoms with van der Waals surface area (Å²) in [7, 11) is 4.58. The first kappa shape index (κ1) is 16.4. The molecule has 2 atom stereocenters. The van der Waals surface area contributed by atoms with Crippen LogP contribution >= 0.6 is 0 Å². The normalized spacial score (nSPS) is 20.5. The summed E-state index contributed by atoms with van der Waals surface area (Å²) in [6, 6.07) is 3.57. The Bertz CT molecular complexity index is 508. The molecule has 0 saturated heterocycles. The molecular formula is C16H24N2O4. The van der Waals surface area contributed by atoms with E-state index in [-0.39, 0.29) is 11.9 Å². The Morgan fingerprint density at radius 1 is 1.18 bits per heavy atom. The van der Waals surface area contributed by atoms with Gasteiger partial charge in [0.25, 0.3) is 5.91 Å². The number of amides is 1. The molecule has 22 heavy (non-hydrogen) atoms. The second kappa shape index (κ2) is 7.35. The van der Waals surface area contributed by atoms with Gasteiger partial charge in [-0.25, -0.2) is 0 Å². The van der Waals surface area contributed by atoms with Crippen LogP contribution in [0.2, 0.25) is 0 Å². The lowest BCUT2D eigenvalue weighted by atomic mass is 10.1. The first-order chi connectivity index (χ1) is 10.6. The smallest absolute Gasteiger partial charge is 0.251 e. The highest BCUT2D eigenvalue weighted by molar-refractivity contribution is 5.95. The monoisotopic (exact) mass is 308 g/mol. The van der Waals surface area contributed by atoms with Crippen molar-refractivity contribution in [3.05, 3.63) is 17.7 Å². The van der Waals surface area contributed by atoms with Gasteiger partial charge in [-0.05, 0) is 37.3 Å². The van der Waals surface area contributed by atoms with E-state index in [1.165, 1.54) is 21.3 Å². The number of hydrogen-bond donors (Lipinski definition) is 2. The summed E-state index contributed by atoms with van der Waals surface area (Å²) in [6.45, 7) is 0.642. The van der Waals surface area contributed by atoms with Gasteiger partial charge in [-0.1, -0.05) is 0 Å². The Morgan fingerprint density at radius 2 is 1.82 bits per heavy atom. The van der Waals surface area contributed by atoms with E-state index < -0.39 is 0 Å². The lowest BCUT2D eigenvalue weighted by molar-refractivity contribution is 0.0946. The zero-order chi connectivity index (χ0) is 16.1. The molecule has 0 bridgehead atoms. The molecule has 0 spiro atoms. The Morgan fingerprint density at radius 3 is 2.27 bits per heavy atom. The molecule has 1 aliphatic carbocycles. The Labute approximate surface area is 130 Å². The largest absolute Gasteiger partial charge is 0.493 e. The van der Waals surface area contributed by atoms with Gasteiger partial charge in [0.1, 0.15) is 0 Å². The minimum absolute atomic E-state index is 0.153. The van der Waals surface area contributed by atoms with Crippen molar-refractivity contribution in [3.63, 3.8) is 0 Å². The highest BCUT2D eigenvalue weighted by atomic mass is 16.5. The molecule has 6 heteroatoms. The lowest BCUT2D eigenvalue weighted by Gasteiger charge is -2.15. The van der Waals surface area contributed by atoms with Crippen LogP contribution in [-0.4, -0.2) is 39.8 Å². The molecule has 3 N–H and O–H groups in total. The molecule has 1 saturated carbocycles. The van der Waals surface area contributed by atoms with E-state index in [1.807, 2.05) is 0 Å². The van der Waals surface area contributed by atoms with Crippen molar-refractivity contribution in [1.29, 1.82) is 0 Å². The fraction of sp³-hybridized carbons (Fsp3) is 0.562. The third kappa shape index (κ3) is 3.62. The zero-order valence-electron chi connectivity index (χ0n) is 13.3. The fourth-order valence-electron chi connectivity index (χ4n) is 2.85. The minimum Gasteiger partial charge on any atom is -0.493 e. The number of ether oxygens (including phenoxy) is 3. The van der Waals surface area contributed by atoms with E-state index in [0.29, 0.717) is 35.3 Å². The summed E-state index contributed by atoms with van der Waals surface area (Å²) in [6.07, 6.45) is 3.07. The Kier molecular flexibility index (Phi) is 5.49. The van der Waals surface area contributed by atoms with Crippen LogP contribution in [0.25, 0.3) is 0 Å². The van der Waals surface area contributed by atoms with Crippen molar-refractivity contribution in [2.24, 2.45) is 11.7 Å². The summed E-state index contributed by atoms with van der Waals surface area (Å²) < 4.78 is 15.8. The average Bonchev–Trinajstić information content (AvgIpc) is 2.96. The minimum atomic E-state index is -0.153. The number of nitrogens with two attached hydrogens (primary N) is 1. The Balaban J connectivity index is 2.08. The average molecular weight is 308 g/mol. The molecule has 1 amide bonds. The number of benzene rings is 1. The van der Waals surface area contributed by atoms with Gasteiger partial charge in [0.05, 0.1) is 21.3 Å². The van der Waals surface area contributed by atoms with E-state index in [2.05, 4.69) is 5.32 Å². The van der Waals surface area contributed by atoms with Crippen LogP contribution in [0.3, 0.4) is 0 Å². The van der Waals surface area contributed by atoms with Gasteiger partial charge in [0, 0.05) is 18.2 Å². The van der Waals surface area contributed by atoms with E-state index in [0.717, 1.165) is 19.3 Å². The van der Waals surface area contributed by atoms with Crippen LogP contribution in [0.5, 0.6) is 17.2 Å². The zero-order valence-corrected chi connectivity index (χ0v) is 13.3. The molecule has 0 radical (unpaired) electrons. The molecule has 1 fully saturated rings. The molecular weight excluding hydrogens is 284 g/mol. The standard InChI is InChI=1S/C16H24N2O4/c1-20-13-7-11(8-14(21-2)15(13)22-3)16(19)18-9-10-4-5-12(17)6-10/h7-8,10,12H,4-6,9,17H2,1-3H3,(H,18,19). The van der Waals surface area contributed by atoms with E-state index in [4.69, 9.17) is 19.9 Å². The van der Waals surface area contributed by atoms with Gasteiger partial charge >= 0.3 is 0 Å². The van der Waals surface area contributed by atoms with Crippen LogP contribution in [0.1, 0.15) is 29.6 Å². The molecule has 2 rings (SSSR count). The van der Waals surface area contributed by atoms with Crippen LogP contribution in [0.15, 0.2) is 12.1 Å². The maximum Gasteiger partial charge on any atom is 0.251 e. The Hall–Kier alpha value is -1.95. The topological polar surface area (TPSA) is 82.8 Å². The second-order valence-electron chi connectivity index (χ2n) is 5.56. The molecule has 0 aliphatic heterocycles. The van der Waals surface area contributed by atoms with Crippen LogP contribution in [-0.2, 0) is 0 Å². The summed E-state index contributed by atoms with van der Waals surface area (Å²) in [5.41, 5.74) is 6.37. The van der Waals surface area contributed by atoms with E-state index in [9.17, 15) is 4.79 Å². The van der Waals surface area contributed by atoms with E-state index >= 15 is 0 Å². The van der Waals surface area contributed by atoms with E-state index in [1.54, 1.807) is 12.1 Å². The fourth-order valence-corrected chi connectivity index (χ4v) is 2.85. The molecule has 0 aromatic heterocycles. The quantitative estimate of drug-likeness (QED) is 0.833. The van der Waals surface area contributed by atoms with Crippen molar-refractivity contribution < 1.29 is 19.0 Å². The molecule has 0 heterocycles. The van der Waals surface area contributed by atoms with Crippen LogP contribution < -0.4 is 25.3 Å². The van der Waals surface area contributed by atoms with Crippen molar-refractivity contribution >= 4 is 5.91 Å². The first-order valence-electron chi connectivity index (χ1n) is 7.42. The predicted octanol–water partition coefficient (Wildman–Crippen LogP) is 1.57. The number of carbonyl (C=O) groups excluding carboxylic acids is 1. The van der Waals surface area contributed by atoms with Gasteiger partial charge in [-0.15, -0.1) is 0 Å². The highest BCUT2D eigenvalue weighted by Crippen LogP contribution is 2.38. The first-order valence-corrected chi connectivity index (χ1v) is 7.42. The maximum atomic E-state index is 12.3. The van der Waals surface area contributed by atoms with Crippen molar-refractivity contribution in [2.45, 2.75) is 25.3 Å². The van der Waals surface area contributed by atoms with Gasteiger partial charge in [0.2, 0.25) is 5.75 Å². The van der Waals surface area contributed by atoms with Gasteiger partial charge in [-0.2, -0.15) is 0 Å². The van der Waals surface area contributed by atoms with Gasteiger partial charge in [0.15, 0.2) is 11.5 Å². The molecule has 6 nitrogen and oxygen atoms in total. The van der Waals surface area contributed by atoms with Crippen molar-refractivity contribution in [2.75, 3.05) is 27.9 Å². The summed E-state index contributed by atoms with van der Waals surface area (Å²) in [5.74, 6) is 1.72. The third-order valence-corrected chi connectivity index (χ3v) is 4.06. The second-order valence-corrected chi connectivity index (χ2v) is 5.56. The molecule has 2 unspecified atom stereocenters. The number of methoxy groups -OCH3 is 3. The summed E-state index contributed by atoms with van der Waals surface area (Å²) >= 11 is 0. The summed E-state index contributed by atoms with van der Waals surface area (Å²) in [4.78, 5) is 12.3. The SMILES string of the molecule is COc1cc(C(=O)NCC2CCC(N)C2)cc(OC)c1OC. The van der Waals surface area contributed by atoms with Crippen LogP contribution in [0.4, 0.5) is 0 Å². The maximum absolute atomic E-state index is 12.3. The summed E-state index contributed by atoms with van der Waals surface area (Å²) in [5, 5.41) is 2.96. The molecule has 1 aliphatic rings.